The van der Waals surface area contributed by atoms with E-state index in [1.165, 1.54) is 16.3 Å². The van der Waals surface area contributed by atoms with Crippen LogP contribution in [0.3, 0.4) is 0 Å². The number of rotatable bonds is 3. The van der Waals surface area contributed by atoms with Crippen LogP contribution in [0.2, 0.25) is 0 Å². The molecule has 1 heteroatoms. The van der Waals surface area contributed by atoms with Crippen LogP contribution in [0.4, 0.5) is 11.4 Å². The van der Waals surface area contributed by atoms with Gasteiger partial charge in [-0.2, -0.15) is 0 Å². The number of hydrogen-bond donors (Lipinski definition) is 1. The third-order valence-corrected chi connectivity index (χ3v) is 3.55. The largest absolute Gasteiger partial charge is 0.355 e. The summed E-state index contributed by atoms with van der Waals surface area (Å²) >= 11 is 0. The van der Waals surface area contributed by atoms with E-state index in [2.05, 4.69) is 79.5 Å². The zero-order chi connectivity index (χ0) is 13.9. The molecule has 3 aromatic rings. The molecule has 0 aromatic heterocycles. The van der Waals surface area contributed by atoms with Crippen molar-refractivity contribution in [1.82, 2.24) is 0 Å². The molecular formula is C19H17N. The van der Waals surface area contributed by atoms with Crippen molar-refractivity contribution >= 4 is 28.2 Å². The second kappa shape index (κ2) is 5.22. The summed E-state index contributed by atoms with van der Waals surface area (Å²) in [6, 6.07) is 21.1. The molecule has 1 N–H and O–H groups in total. The van der Waals surface area contributed by atoms with E-state index >= 15 is 0 Å². The zero-order valence-electron chi connectivity index (χ0n) is 11.6. The van der Waals surface area contributed by atoms with Gasteiger partial charge >= 0.3 is 0 Å². The van der Waals surface area contributed by atoms with E-state index in [1.807, 2.05) is 6.08 Å². The molecule has 3 aromatic carbocycles. The van der Waals surface area contributed by atoms with Crippen LogP contribution in [-0.2, 0) is 0 Å². The molecule has 0 spiro atoms. The van der Waals surface area contributed by atoms with E-state index in [9.17, 15) is 0 Å². The number of anilines is 2. The van der Waals surface area contributed by atoms with Crippen molar-refractivity contribution in [2.24, 2.45) is 0 Å². The Labute approximate surface area is 119 Å². The van der Waals surface area contributed by atoms with Gasteiger partial charge in [-0.25, -0.2) is 0 Å². The molecule has 0 fully saturated rings. The molecule has 3 rings (SSSR count). The summed E-state index contributed by atoms with van der Waals surface area (Å²) in [6.07, 6.45) is 1.87. The van der Waals surface area contributed by atoms with Crippen molar-refractivity contribution < 1.29 is 0 Å². The maximum atomic E-state index is 3.81. The fourth-order valence-electron chi connectivity index (χ4n) is 2.43. The monoisotopic (exact) mass is 259 g/mol. The molecule has 0 amide bonds. The summed E-state index contributed by atoms with van der Waals surface area (Å²) in [5.74, 6) is 0. The van der Waals surface area contributed by atoms with Gasteiger partial charge in [0, 0.05) is 16.8 Å². The molecule has 1 nitrogen and oxygen atoms in total. The highest BCUT2D eigenvalue weighted by Crippen LogP contribution is 2.28. The van der Waals surface area contributed by atoms with E-state index in [0.717, 1.165) is 16.9 Å². The first kappa shape index (κ1) is 12.5. The topological polar surface area (TPSA) is 12.0 Å². The van der Waals surface area contributed by atoms with Crippen LogP contribution in [0.1, 0.15) is 11.1 Å². The highest BCUT2D eigenvalue weighted by atomic mass is 14.9. The average molecular weight is 259 g/mol. The van der Waals surface area contributed by atoms with Crippen LogP contribution >= 0.6 is 0 Å². The normalized spacial score (nSPS) is 10.4. The molecule has 0 saturated heterocycles. The zero-order valence-corrected chi connectivity index (χ0v) is 11.6. The lowest BCUT2D eigenvalue weighted by molar-refractivity contribution is 1.43. The van der Waals surface area contributed by atoms with Crippen LogP contribution in [0.5, 0.6) is 0 Å². The first-order valence-corrected chi connectivity index (χ1v) is 6.76. The standard InChI is InChI=1S/C19H17N/c1-3-15-11-12-18(14(2)13-15)20-19-10-6-8-16-7-4-5-9-17(16)19/h3-13,20H,1H2,2H3. The van der Waals surface area contributed by atoms with Crippen LogP contribution in [0, 0.1) is 6.92 Å². The minimum Gasteiger partial charge on any atom is -0.355 e. The van der Waals surface area contributed by atoms with Crippen LogP contribution in [0.25, 0.3) is 16.8 Å². The summed E-state index contributed by atoms with van der Waals surface area (Å²) in [5, 5.41) is 6.02. The molecule has 0 atom stereocenters. The first-order valence-electron chi connectivity index (χ1n) is 6.76. The van der Waals surface area contributed by atoms with Gasteiger partial charge in [-0.15, -0.1) is 0 Å². The minimum absolute atomic E-state index is 1.13. The van der Waals surface area contributed by atoms with Gasteiger partial charge in [-0.1, -0.05) is 55.1 Å². The Morgan fingerprint density at radius 3 is 2.50 bits per heavy atom. The summed E-state index contributed by atoms with van der Waals surface area (Å²) in [4.78, 5) is 0. The summed E-state index contributed by atoms with van der Waals surface area (Å²) in [6.45, 7) is 5.92. The Kier molecular flexibility index (Phi) is 3.26. The molecule has 0 heterocycles. The van der Waals surface area contributed by atoms with Crippen molar-refractivity contribution in [3.63, 3.8) is 0 Å². The third kappa shape index (κ3) is 2.30. The molecule has 0 aliphatic heterocycles. The summed E-state index contributed by atoms with van der Waals surface area (Å²) < 4.78 is 0. The maximum absolute atomic E-state index is 3.81. The number of benzene rings is 3. The van der Waals surface area contributed by atoms with Gasteiger partial charge < -0.3 is 5.32 Å². The van der Waals surface area contributed by atoms with Crippen LogP contribution in [-0.4, -0.2) is 0 Å². The van der Waals surface area contributed by atoms with Crippen molar-refractivity contribution in [1.29, 1.82) is 0 Å². The smallest absolute Gasteiger partial charge is 0.0463 e. The Morgan fingerprint density at radius 1 is 0.900 bits per heavy atom. The molecule has 20 heavy (non-hydrogen) atoms. The fraction of sp³-hybridized carbons (Fsp3) is 0.0526. The molecular weight excluding hydrogens is 242 g/mol. The Hall–Kier alpha value is -2.54. The Bertz CT molecular complexity index is 766. The van der Waals surface area contributed by atoms with Gasteiger partial charge in [0.1, 0.15) is 0 Å². The third-order valence-electron chi connectivity index (χ3n) is 3.55. The second-order valence-electron chi connectivity index (χ2n) is 4.93. The molecule has 0 saturated carbocycles. The molecule has 0 unspecified atom stereocenters. The van der Waals surface area contributed by atoms with Crippen LogP contribution in [0.15, 0.2) is 67.2 Å². The van der Waals surface area contributed by atoms with E-state index in [-0.39, 0.29) is 0 Å². The van der Waals surface area contributed by atoms with Gasteiger partial charge in [0.05, 0.1) is 0 Å². The summed E-state index contributed by atoms with van der Waals surface area (Å²) in [5.41, 5.74) is 4.63. The van der Waals surface area contributed by atoms with Gasteiger partial charge in [0.25, 0.3) is 0 Å². The highest BCUT2D eigenvalue weighted by Gasteiger charge is 2.03. The number of fused-ring (bicyclic) bond motifs is 1. The van der Waals surface area contributed by atoms with Gasteiger partial charge in [0.2, 0.25) is 0 Å². The SMILES string of the molecule is C=Cc1ccc(Nc2cccc3ccccc23)c(C)c1. The Balaban J connectivity index is 2.03. The predicted molar refractivity (Wildman–Crippen MR) is 88.5 cm³/mol. The molecule has 0 bridgehead atoms. The first-order chi connectivity index (χ1) is 9.78. The number of nitrogens with one attached hydrogen (secondary N) is 1. The van der Waals surface area contributed by atoms with Crippen molar-refractivity contribution in [2.45, 2.75) is 6.92 Å². The van der Waals surface area contributed by atoms with Crippen molar-refractivity contribution in [3.8, 4) is 0 Å². The van der Waals surface area contributed by atoms with E-state index in [1.54, 1.807) is 0 Å². The molecule has 0 radical (unpaired) electrons. The average Bonchev–Trinajstić information content (AvgIpc) is 2.49. The molecule has 0 aliphatic rings. The predicted octanol–water partition coefficient (Wildman–Crippen LogP) is 5.53. The fourth-order valence-corrected chi connectivity index (χ4v) is 2.43. The van der Waals surface area contributed by atoms with Crippen molar-refractivity contribution in [3.05, 3.63) is 78.4 Å². The highest BCUT2D eigenvalue weighted by molar-refractivity contribution is 5.95. The molecule has 0 aliphatic carbocycles. The van der Waals surface area contributed by atoms with E-state index in [0.29, 0.717) is 0 Å². The minimum atomic E-state index is 1.13. The van der Waals surface area contributed by atoms with Crippen molar-refractivity contribution in [2.75, 3.05) is 5.32 Å². The van der Waals surface area contributed by atoms with Gasteiger partial charge in [-0.05, 0) is 41.6 Å². The number of hydrogen-bond acceptors (Lipinski definition) is 1. The lowest BCUT2D eigenvalue weighted by Crippen LogP contribution is -1.94. The van der Waals surface area contributed by atoms with Gasteiger partial charge in [0.15, 0.2) is 0 Å². The van der Waals surface area contributed by atoms with E-state index < -0.39 is 0 Å². The van der Waals surface area contributed by atoms with E-state index in [4.69, 9.17) is 0 Å². The lowest BCUT2D eigenvalue weighted by atomic mass is 10.1. The van der Waals surface area contributed by atoms with Crippen LogP contribution < -0.4 is 5.32 Å². The lowest BCUT2D eigenvalue weighted by Gasteiger charge is -2.12. The maximum Gasteiger partial charge on any atom is 0.0463 e. The Morgan fingerprint density at radius 2 is 1.70 bits per heavy atom. The number of aryl methyl sites for hydroxylation is 1. The second-order valence-corrected chi connectivity index (χ2v) is 4.93. The van der Waals surface area contributed by atoms with Gasteiger partial charge in [-0.3, -0.25) is 0 Å². The quantitative estimate of drug-likeness (QED) is 0.651. The molecule has 98 valence electrons. The summed E-state index contributed by atoms with van der Waals surface area (Å²) in [7, 11) is 0.